The van der Waals surface area contributed by atoms with Crippen molar-refractivity contribution in [1.29, 1.82) is 0 Å². The first-order valence-corrected chi connectivity index (χ1v) is 5.30. The van der Waals surface area contributed by atoms with E-state index in [1.165, 1.54) is 0 Å². The Morgan fingerprint density at radius 1 is 1.29 bits per heavy atom. The first-order chi connectivity index (χ1) is 6.43. The molecule has 0 heterocycles. The molecule has 84 valence electrons. The second kappa shape index (κ2) is 6.02. The van der Waals surface area contributed by atoms with E-state index in [1.807, 2.05) is 39.5 Å². The minimum Gasteiger partial charge on any atom is -0.380 e. The summed E-state index contributed by atoms with van der Waals surface area (Å²) in [5.74, 6) is 0.194. The topological polar surface area (TPSA) is 29.5 Å². The van der Waals surface area contributed by atoms with Crippen LogP contribution in [-0.4, -0.2) is 37.1 Å². The molecule has 0 saturated heterocycles. The molecule has 0 aromatic rings. The van der Waals surface area contributed by atoms with E-state index in [0.717, 1.165) is 6.54 Å². The van der Waals surface area contributed by atoms with Crippen LogP contribution in [0, 0.1) is 5.41 Å². The van der Waals surface area contributed by atoms with Crippen LogP contribution < -0.4 is 0 Å². The standard InChI is InChI=1S/C11H23NO2/c1-6-12(8-9-14-7-2)10(13)11(3,4)5/h6-9H2,1-5H3. The van der Waals surface area contributed by atoms with Gasteiger partial charge in [0.15, 0.2) is 0 Å². The van der Waals surface area contributed by atoms with Gasteiger partial charge in [-0.3, -0.25) is 4.79 Å². The van der Waals surface area contributed by atoms with Crippen LogP contribution >= 0.6 is 0 Å². The predicted molar refractivity (Wildman–Crippen MR) is 58.2 cm³/mol. The van der Waals surface area contributed by atoms with E-state index in [4.69, 9.17) is 4.74 Å². The van der Waals surface area contributed by atoms with Crippen LogP contribution in [0.25, 0.3) is 0 Å². The molecule has 0 aromatic carbocycles. The van der Waals surface area contributed by atoms with Crippen molar-refractivity contribution >= 4 is 5.91 Å². The van der Waals surface area contributed by atoms with Gasteiger partial charge in [0.05, 0.1) is 6.61 Å². The van der Waals surface area contributed by atoms with Gasteiger partial charge in [0.1, 0.15) is 0 Å². The van der Waals surface area contributed by atoms with Crippen molar-refractivity contribution in [2.24, 2.45) is 5.41 Å². The zero-order valence-electron chi connectivity index (χ0n) is 10.1. The molecule has 0 radical (unpaired) electrons. The van der Waals surface area contributed by atoms with E-state index in [0.29, 0.717) is 19.8 Å². The van der Waals surface area contributed by atoms with Crippen LogP contribution in [0.15, 0.2) is 0 Å². The zero-order chi connectivity index (χ0) is 11.2. The number of nitrogens with zero attached hydrogens (tertiary/aromatic N) is 1. The van der Waals surface area contributed by atoms with Gasteiger partial charge in [-0.15, -0.1) is 0 Å². The van der Waals surface area contributed by atoms with Gasteiger partial charge in [0, 0.05) is 25.1 Å². The maximum absolute atomic E-state index is 11.9. The molecule has 0 bridgehead atoms. The molecule has 0 aromatic heterocycles. The summed E-state index contributed by atoms with van der Waals surface area (Å²) in [6, 6.07) is 0. The largest absolute Gasteiger partial charge is 0.380 e. The Morgan fingerprint density at radius 3 is 2.21 bits per heavy atom. The molecule has 3 nitrogen and oxygen atoms in total. The van der Waals surface area contributed by atoms with Crippen molar-refractivity contribution in [2.75, 3.05) is 26.3 Å². The summed E-state index contributed by atoms with van der Waals surface area (Å²) in [4.78, 5) is 13.7. The van der Waals surface area contributed by atoms with E-state index in [2.05, 4.69) is 0 Å². The first kappa shape index (κ1) is 13.4. The second-order valence-corrected chi connectivity index (χ2v) is 4.33. The minimum atomic E-state index is -0.289. The number of rotatable bonds is 5. The second-order valence-electron chi connectivity index (χ2n) is 4.33. The van der Waals surface area contributed by atoms with E-state index in [-0.39, 0.29) is 11.3 Å². The average molecular weight is 201 g/mol. The fourth-order valence-electron chi connectivity index (χ4n) is 1.20. The van der Waals surface area contributed by atoms with E-state index < -0.39 is 0 Å². The van der Waals surface area contributed by atoms with Crippen molar-refractivity contribution in [3.8, 4) is 0 Å². The lowest BCUT2D eigenvalue weighted by molar-refractivity contribution is -0.140. The SMILES string of the molecule is CCOCCN(CC)C(=O)C(C)(C)C. The van der Waals surface area contributed by atoms with Crippen LogP contribution in [0.4, 0.5) is 0 Å². The molecule has 0 N–H and O–H groups in total. The van der Waals surface area contributed by atoms with Crippen LogP contribution in [0.2, 0.25) is 0 Å². The Morgan fingerprint density at radius 2 is 1.86 bits per heavy atom. The van der Waals surface area contributed by atoms with Crippen LogP contribution in [0.1, 0.15) is 34.6 Å². The number of likely N-dealkylation sites (N-methyl/N-ethyl adjacent to an activating group) is 1. The first-order valence-electron chi connectivity index (χ1n) is 5.30. The molecule has 0 unspecified atom stereocenters. The van der Waals surface area contributed by atoms with E-state index in [9.17, 15) is 4.79 Å². The summed E-state index contributed by atoms with van der Waals surface area (Å²) in [6.07, 6.45) is 0. The van der Waals surface area contributed by atoms with Gasteiger partial charge in [-0.1, -0.05) is 20.8 Å². The molecule has 0 atom stereocenters. The highest BCUT2D eigenvalue weighted by Gasteiger charge is 2.25. The highest BCUT2D eigenvalue weighted by atomic mass is 16.5. The van der Waals surface area contributed by atoms with Gasteiger partial charge >= 0.3 is 0 Å². The number of amides is 1. The summed E-state index contributed by atoms with van der Waals surface area (Å²) >= 11 is 0. The van der Waals surface area contributed by atoms with Gasteiger partial charge in [0.25, 0.3) is 0 Å². The molecular weight excluding hydrogens is 178 g/mol. The molecule has 0 aliphatic carbocycles. The molecular formula is C11H23NO2. The Labute approximate surface area is 87.4 Å². The summed E-state index contributed by atoms with van der Waals surface area (Å²) in [5, 5.41) is 0. The van der Waals surface area contributed by atoms with E-state index in [1.54, 1.807) is 0 Å². The highest BCUT2D eigenvalue weighted by molar-refractivity contribution is 5.81. The van der Waals surface area contributed by atoms with Crippen molar-refractivity contribution in [1.82, 2.24) is 4.90 Å². The molecule has 0 saturated carbocycles. The summed E-state index contributed by atoms with van der Waals surface area (Å²) in [5.41, 5.74) is -0.289. The van der Waals surface area contributed by atoms with Crippen molar-refractivity contribution in [3.05, 3.63) is 0 Å². The molecule has 0 rings (SSSR count). The third-order valence-electron chi connectivity index (χ3n) is 2.02. The monoisotopic (exact) mass is 201 g/mol. The summed E-state index contributed by atoms with van der Waals surface area (Å²) < 4.78 is 5.23. The molecule has 0 aliphatic rings. The van der Waals surface area contributed by atoms with Gasteiger partial charge < -0.3 is 9.64 Å². The summed E-state index contributed by atoms with van der Waals surface area (Å²) in [7, 11) is 0. The molecule has 1 amide bonds. The third-order valence-corrected chi connectivity index (χ3v) is 2.02. The maximum Gasteiger partial charge on any atom is 0.228 e. The third kappa shape index (κ3) is 4.61. The number of ether oxygens (including phenoxy) is 1. The fraction of sp³-hybridized carbons (Fsp3) is 0.909. The number of hydrogen-bond acceptors (Lipinski definition) is 2. The van der Waals surface area contributed by atoms with Gasteiger partial charge in [-0.2, -0.15) is 0 Å². The average Bonchev–Trinajstić information content (AvgIpc) is 2.10. The smallest absolute Gasteiger partial charge is 0.228 e. The molecule has 0 spiro atoms. The Balaban J connectivity index is 4.07. The Bertz CT molecular complexity index is 173. The lowest BCUT2D eigenvalue weighted by Crippen LogP contribution is -2.41. The number of carbonyl (C=O) groups is 1. The molecule has 14 heavy (non-hydrogen) atoms. The van der Waals surface area contributed by atoms with Gasteiger partial charge in [-0.25, -0.2) is 0 Å². The van der Waals surface area contributed by atoms with Crippen LogP contribution in [-0.2, 0) is 9.53 Å². The van der Waals surface area contributed by atoms with Gasteiger partial charge in [0.2, 0.25) is 5.91 Å². The van der Waals surface area contributed by atoms with E-state index >= 15 is 0 Å². The predicted octanol–water partition coefficient (Wildman–Crippen LogP) is 1.92. The zero-order valence-corrected chi connectivity index (χ0v) is 10.1. The number of carbonyl (C=O) groups excluding carboxylic acids is 1. The normalized spacial score (nSPS) is 11.5. The maximum atomic E-state index is 11.9. The van der Waals surface area contributed by atoms with Crippen molar-refractivity contribution in [3.63, 3.8) is 0 Å². The molecule has 3 heteroatoms. The number of hydrogen-bond donors (Lipinski definition) is 0. The molecule has 0 aliphatic heterocycles. The highest BCUT2D eigenvalue weighted by Crippen LogP contribution is 2.16. The lowest BCUT2D eigenvalue weighted by Gasteiger charge is -2.28. The van der Waals surface area contributed by atoms with Crippen molar-refractivity contribution in [2.45, 2.75) is 34.6 Å². The van der Waals surface area contributed by atoms with Gasteiger partial charge in [-0.05, 0) is 13.8 Å². The quantitative estimate of drug-likeness (QED) is 0.636. The summed E-state index contributed by atoms with van der Waals surface area (Å²) in [6.45, 7) is 12.6. The Kier molecular flexibility index (Phi) is 5.77. The Hall–Kier alpha value is -0.570. The van der Waals surface area contributed by atoms with Crippen LogP contribution in [0.3, 0.4) is 0 Å². The minimum absolute atomic E-state index is 0.194. The molecule has 0 fully saturated rings. The lowest BCUT2D eigenvalue weighted by atomic mass is 9.95. The van der Waals surface area contributed by atoms with Crippen LogP contribution in [0.5, 0.6) is 0 Å². The van der Waals surface area contributed by atoms with Crippen molar-refractivity contribution < 1.29 is 9.53 Å². The fourth-order valence-corrected chi connectivity index (χ4v) is 1.20.